The van der Waals surface area contributed by atoms with Gasteiger partial charge in [-0.05, 0) is 43.5 Å². The average molecular weight is 250 g/mol. The number of hydrogen-bond donors (Lipinski definition) is 1. The first kappa shape index (κ1) is 14.7. The second-order valence-corrected chi connectivity index (χ2v) is 4.81. The number of aliphatic hydroxyl groups excluding tert-OH is 1. The summed E-state index contributed by atoms with van der Waals surface area (Å²) < 4.78 is 5.44. The van der Waals surface area contributed by atoms with Crippen LogP contribution in [0.5, 0.6) is 5.75 Å². The van der Waals surface area contributed by atoms with Crippen LogP contribution in [0, 0.1) is 18.8 Å². The molecule has 100 valence electrons. The maximum absolute atomic E-state index is 12.2. The summed E-state index contributed by atoms with van der Waals surface area (Å²) in [6.07, 6.45) is 0. The molecule has 1 N–H and O–H groups in total. The fourth-order valence-corrected chi connectivity index (χ4v) is 1.93. The standard InChI is InChI=1S/C15H22O3/c1-5-18-14-7-6-12(8-11(14)4)15(17)13(9-16)10(2)3/h6-8,10,13,16H,5,9H2,1-4H3. The molecular formula is C15H22O3. The third-order valence-corrected chi connectivity index (χ3v) is 3.10. The Morgan fingerprint density at radius 1 is 1.39 bits per heavy atom. The van der Waals surface area contributed by atoms with Crippen LogP contribution in [0.1, 0.15) is 36.7 Å². The van der Waals surface area contributed by atoms with E-state index in [2.05, 4.69) is 0 Å². The summed E-state index contributed by atoms with van der Waals surface area (Å²) in [7, 11) is 0. The Kier molecular flexibility index (Phi) is 5.35. The van der Waals surface area contributed by atoms with Crippen LogP contribution in [-0.4, -0.2) is 24.1 Å². The molecule has 0 fully saturated rings. The molecule has 0 heterocycles. The van der Waals surface area contributed by atoms with Gasteiger partial charge in [0.2, 0.25) is 0 Å². The van der Waals surface area contributed by atoms with Crippen molar-refractivity contribution in [3.8, 4) is 5.75 Å². The number of hydrogen-bond acceptors (Lipinski definition) is 3. The highest BCUT2D eigenvalue weighted by atomic mass is 16.5. The molecule has 1 unspecified atom stereocenters. The molecule has 1 aromatic carbocycles. The summed E-state index contributed by atoms with van der Waals surface area (Å²) in [5.41, 5.74) is 1.59. The van der Waals surface area contributed by atoms with Gasteiger partial charge in [-0.1, -0.05) is 13.8 Å². The SMILES string of the molecule is CCOc1ccc(C(=O)C(CO)C(C)C)cc1C. The lowest BCUT2D eigenvalue weighted by molar-refractivity contribution is 0.0806. The summed E-state index contributed by atoms with van der Waals surface area (Å²) >= 11 is 0. The Morgan fingerprint density at radius 3 is 2.50 bits per heavy atom. The van der Waals surface area contributed by atoms with Gasteiger partial charge in [-0.25, -0.2) is 0 Å². The van der Waals surface area contributed by atoms with Crippen LogP contribution >= 0.6 is 0 Å². The van der Waals surface area contributed by atoms with Gasteiger partial charge >= 0.3 is 0 Å². The van der Waals surface area contributed by atoms with Crippen molar-refractivity contribution in [2.45, 2.75) is 27.7 Å². The average Bonchev–Trinajstić information content (AvgIpc) is 2.32. The maximum Gasteiger partial charge on any atom is 0.168 e. The van der Waals surface area contributed by atoms with Crippen LogP contribution < -0.4 is 4.74 Å². The van der Waals surface area contributed by atoms with Crippen LogP contribution in [0.2, 0.25) is 0 Å². The number of aliphatic hydroxyl groups is 1. The number of benzene rings is 1. The summed E-state index contributed by atoms with van der Waals surface area (Å²) in [6.45, 7) is 8.24. The number of carbonyl (C=O) groups is 1. The molecular weight excluding hydrogens is 228 g/mol. The molecule has 0 spiro atoms. The minimum atomic E-state index is -0.331. The number of Topliss-reactive ketones (excluding diaryl/α,β-unsaturated/α-hetero) is 1. The van der Waals surface area contributed by atoms with Crippen molar-refractivity contribution in [1.29, 1.82) is 0 Å². The van der Waals surface area contributed by atoms with Crippen molar-refractivity contribution in [2.75, 3.05) is 13.2 Å². The van der Waals surface area contributed by atoms with Crippen molar-refractivity contribution < 1.29 is 14.6 Å². The smallest absolute Gasteiger partial charge is 0.168 e. The minimum absolute atomic E-state index is 0.00125. The van der Waals surface area contributed by atoms with E-state index in [1.807, 2.05) is 39.8 Å². The van der Waals surface area contributed by atoms with Gasteiger partial charge < -0.3 is 9.84 Å². The molecule has 0 amide bonds. The highest BCUT2D eigenvalue weighted by molar-refractivity contribution is 5.98. The minimum Gasteiger partial charge on any atom is -0.494 e. The molecule has 0 saturated carbocycles. The van der Waals surface area contributed by atoms with Crippen molar-refractivity contribution in [3.05, 3.63) is 29.3 Å². The Hall–Kier alpha value is -1.35. The van der Waals surface area contributed by atoms with E-state index in [1.165, 1.54) is 0 Å². The Bertz CT molecular complexity index is 410. The number of ether oxygens (including phenoxy) is 1. The highest BCUT2D eigenvalue weighted by Crippen LogP contribution is 2.23. The highest BCUT2D eigenvalue weighted by Gasteiger charge is 2.22. The molecule has 1 atom stereocenters. The molecule has 0 radical (unpaired) electrons. The van der Waals surface area contributed by atoms with Crippen molar-refractivity contribution in [1.82, 2.24) is 0 Å². The molecule has 0 aliphatic carbocycles. The van der Waals surface area contributed by atoms with Gasteiger partial charge in [-0.2, -0.15) is 0 Å². The van der Waals surface area contributed by atoms with Gasteiger partial charge in [-0.15, -0.1) is 0 Å². The predicted molar refractivity (Wildman–Crippen MR) is 72.1 cm³/mol. The number of carbonyl (C=O) groups excluding carboxylic acids is 1. The summed E-state index contributed by atoms with van der Waals surface area (Å²) in [4.78, 5) is 12.2. The van der Waals surface area contributed by atoms with Crippen LogP contribution in [-0.2, 0) is 0 Å². The third kappa shape index (κ3) is 3.33. The molecule has 18 heavy (non-hydrogen) atoms. The number of aryl methyl sites for hydroxylation is 1. The Balaban J connectivity index is 2.96. The number of ketones is 1. The monoisotopic (exact) mass is 250 g/mol. The van der Waals surface area contributed by atoms with Gasteiger partial charge in [0.15, 0.2) is 5.78 Å². The van der Waals surface area contributed by atoms with Crippen LogP contribution in [0.15, 0.2) is 18.2 Å². The number of rotatable bonds is 6. The first-order valence-corrected chi connectivity index (χ1v) is 6.39. The van der Waals surface area contributed by atoms with E-state index < -0.39 is 0 Å². The van der Waals surface area contributed by atoms with Crippen LogP contribution in [0.25, 0.3) is 0 Å². The summed E-state index contributed by atoms with van der Waals surface area (Å²) in [5, 5.41) is 9.29. The van der Waals surface area contributed by atoms with Gasteiger partial charge in [0.05, 0.1) is 13.2 Å². The van der Waals surface area contributed by atoms with E-state index >= 15 is 0 Å². The van der Waals surface area contributed by atoms with E-state index in [1.54, 1.807) is 6.07 Å². The van der Waals surface area contributed by atoms with E-state index in [0.717, 1.165) is 11.3 Å². The molecule has 0 aliphatic heterocycles. The first-order chi connectivity index (χ1) is 8.51. The third-order valence-electron chi connectivity index (χ3n) is 3.10. The Labute approximate surface area is 109 Å². The zero-order valence-electron chi connectivity index (χ0n) is 11.6. The lowest BCUT2D eigenvalue weighted by atomic mass is 9.88. The molecule has 0 bridgehead atoms. The van der Waals surface area contributed by atoms with Crippen LogP contribution in [0.4, 0.5) is 0 Å². The van der Waals surface area contributed by atoms with E-state index in [4.69, 9.17) is 4.74 Å². The zero-order chi connectivity index (χ0) is 13.7. The Morgan fingerprint density at radius 2 is 2.06 bits per heavy atom. The quantitative estimate of drug-likeness (QED) is 0.790. The molecule has 3 heteroatoms. The molecule has 0 aliphatic rings. The summed E-state index contributed by atoms with van der Waals surface area (Å²) in [6, 6.07) is 5.42. The van der Waals surface area contributed by atoms with Gasteiger partial charge in [0.1, 0.15) is 5.75 Å². The fourth-order valence-electron chi connectivity index (χ4n) is 1.93. The lowest BCUT2D eigenvalue weighted by Crippen LogP contribution is -2.24. The van der Waals surface area contributed by atoms with Gasteiger partial charge in [-0.3, -0.25) is 4.79 Å². The molecule has 0 aromatic heterocycles. The lowest BCUT2D eigenvalue weighted by Gasteiger charge is -2.17. The maximum atomic E-state index is 12.2. The normalized spacial score (nSPS) is 12.6. The second kappa shape index (κ2) is 6.55. The fraction of sp³-hybridized carbons (Fsp3) is 0.533. The van der Waals surface area contributed by atoms with Crippen molar-refractivity contribution in [2.24, 2.45) is 11.8 Å². The largest absolute Gasteiger partial charge is 0.494 e. The van der Waals surface area contributed by atoms with E-state index in [0.29, 0.717) is 12.2 Å². The van der Waals surface area contributed by atoms with Crippen LogP contribution in [0.3, 0.4) is 0 Å². The van der Waals surface area contributed by atoms with Gasteiger partial charge in [0.25, 0.3) is 0 Å². The topological polar surface area (TPSA) is 46.5 Å². The molecule has 1 rings (SSSR count). The molecule has 3 nitrogen and oxygen atoms in total. The van der Waals surface area contributed by atoms with Gasteiger partial charge in [0, 0.05) is 11.5 Å². The van der Waals surface area contributed by atoms with Crippen molar-refractivity contribution in [3.63, 3.8) is 0 Å². The first-order valence-electron chi connectivity index (χ1n) is 6.39. The zero-order valence-corrected chi connectivity index (χ0v) is 11.6. The summed E-state index contributed by atoms with van der Waals surface area (Å²) in [5.74, 6) is 0.606. The van der Waals surface area contributed by atoms with E-state index in [-0.39, 0.29) is 24.2 Å². The molecule has 1 aromatic rings. The van der Waals surface area contributed by atoms with Crippen molar-refractivity contribution >= 4 is 5.78 Å². The van der Waals surface area contributed by atoms with E-state index in [9.17, 15) is 9.90 Å². The molecule has 0 saturated heterocycles. The second-order valence-electron chi connectivity index (χ2n) is 4.81. The predicted octanol–water partition coefficient (Wildman–Crippen LogP) is 2.84.